The maximum Gasteiger partial charge on any atom is 0.335 e. The lowest BCUT2D eigenvalue weighted by Gasteiger charge is -2.33. The standard InChI is InChI=1S/C18H26N2O3/c1-3-6-13(2)19-18(23)20-11-9-14(10-12-20)15-7-4-5-8-16(15)17(21)22/h4-5,7-8,13-14H,3,6,9-12H2,1-2H3,(H,19,23)(H,21,22). The molecule has 2 amide bonds. The summed E-state index contributed by atoms with van der Waals surface area (Å²) in [6, 6.07) is 7.38. The van der Waals surface area contributed by atoms with Gasteiger partial charge in [-0.2, -0.15) is 0 Å². The molecular weight excluding hydrogens is 292 g/mol. The molecule has 1 saturated heterocycles. The number of carboxylic acids is 1. The van der Waals surface area contributed by atoms with Crippen molar-refractivity contribution in [3.8, 4) is 0 Å². The van der Waals surface area contributed by atoms with Crippen LogP contribution in [0.4, 0.5) is 4.79 Å². The second kappa shape index (κ2) is 7.99. The SMILES string of the molecule is CCCC(C)NC(=O)N1CCC(c2ccccc2C(=O)O)CC1. The molecule has 1 aliphatic heterocycles. The molecule has 1 aromatic carbocycles. The van der Waals surface area contributed by atoms with Gasteiger partial charge in [0.1, 0.15) is 0 Å². The molecule has 1 aromatic rings. The lowest BCUT2D eigenvalue weighted by molar-refractivity contribution is 0.0694. The molecule has 0 saturated carbocycles. The topological polar surface area (TPSA) is 69.6 Å². The van der Waals surface area contributed by atoms with Gasteiger partial charge in [0.2, 0.25) is 0 Å². The second-order valence-corrected chi connectivity index (χ2v) is 6.29. The first-order chi connectivity index (χ1) is 11.0. The van der Waals surface area contributed by atoms with Crippen LogP contribution in [0.25, 0.3) is 0 Å². The Labute approximate surface area is 137 Å². The minimum Gasteiger partial charge on any atom is -0.478 e. The number of urea groups is 1. The molecule has 0 spiro atoms. The minimum absolute atomic E-state index is 0.00378. The van der Waals surface area contributed by atoms with E-state index in [0.717, 1.165) is 31.2 Å². The van der Waals surface area contributed by atoms with Crippen LogP contribution in [0, 0.1) is 0 Å². The van der Waals surface area contributed by atoms with Crippen LogP contribution in [-0.2, 0) is 0 Å². The molecule has 126 valence electrons. The van der Waals surface area contributed by atoms with E-state index in [-0.39, 0.29) is 18.0 Å². The van der Waals surface area contributed by atoms with Gasteiger partial charge in [0.05, 0.1) is 5.56 Å². The van der Waals surface area contributed by atoms with Gasteiger partial charge in [0, 0.05) is 19.1 Å². The van der Waals surface area contributed by atoms with E-state index in [1.54, 1.807) is 12.1 Å². The number of hydrogen-bond donors (Lipinski definition) is 2. The van der Waals surface area contributed by atoms with Gasteiger partial charge < -0.3 is 15.3 Å². The zero-order valence-electron chi connectivity index (χ0n) is 13.9. The fraction of sp³-hybridized carbons (Fsp3) is 0.556. The number of benzene rings is 1. The van der Waals surface area contributed by atoms with E-state index < -0.39 is 5.97 Å². The van der Waals surface area contributed by atoms with E-state index in [4.69, 9.17) is 0 Å². The number of nitrogens with one attached hydrogen (secondary N) is 1. The summed E-state index contributed by atoms with van der Waals surface area (Å²) in [7, 11) is 0. The van der Waals surface area contributed by atoms with Crippen molar-refractivity contribution < 1.29 is 14.7 Å². The Bertz CT molecular complexity index is 551. The zero-order valence-corrected chi connectivity index (χ0v) is 13.9. The van der Waals surface area contributed by atoms with Crippen LogP contribution >= 0.6 is 0 Å². The van der Waals surface area contributed by atoms with Gasteiger partial charge in [-0.3, -0.25) is 0 Å². The summed E-state index contributed by atoms with van der Waals surface area (Å²) < 4.78 is 0. The maximum atomic E-state index is 12.2. The molecule has 0 aliphatic carbocycles. The summed E-state index contributed by atoms with van der Waals surface area (Å²) in [6.45, 7) is 5.47. The highest BCUT2D eigenvalue weighted by Gasteiger charge is 2.26. The Morgan fingerprint density at radius 2 is 1.96 bits per heavy atom. The first kappa shape index (κ1) is 17.3. The van der Waals surface area contributed by atoms with Crippen LogP contribution in [0.1, 0.15) is 61.4 Å². The lowest BCUT2D eigenvalue weighted by Crippen LogP contribution is -2.47. The Balaban J connectivity index is 1.94. The Morgan fingerprint density at radius 1 is 1.30 bits per heavy atom. The summed E-state index contributed by atoms with van der Waals surface area (Å²) in [5.74, 6) is -0.673. The van der Waals surface area contributed by atoms with Crippen molar-refractivity contribution in [1.82, 2.24) is 10.2 Å². The predicted octanol–water partition coefficient (Wildman–Crippen LogP) is 3.46. The number of carbonyl (C=O) groups is 2. The summed E-state index contributed by atoms with van der Waals surface area (Å²) in [4.78, 5) is 25.4. The molecule has 1 atom stereocenters. The predicted molar refractivity (Wildman–Crippen MR) is 89.9 cm³/mol. The number of nitrogens with zero attached hydrogens (tertiary/aromatic N) is 1. The van der Waals surface area contributed by atoms with Crippen molar-refractivity contribution in [1.29, 1.82) is 0 Å². The van der Waals surface area contributed by atoms with Crippen LogP contribution in [0.3, 0.4) is 0 Å². The van der Waals surface area contributed by atoms with E-state index in [0.29, 0.717) is 18.7 Å². The van der Waals surface area contributed by atoms with Gasteiger partial charge in [-0.1, -0.05) is 31.5 Å². The molecule has 23 heavy (non-hydrogen) atoms. The van der Waals surface area contributed by atoms with Gasteiger partial charge in [-0.05, 0) is 43.7 Å². The fourth-order valence-electron chi connectivity index (χ4n) is 3.25. The van der Waals surface area contributed by atoms with Crippen molar-refractivity contribution in [2.75, 3.05) is 13.1 Å². The van der Waals surface area contributed by atoms with Crippen molar-refractivity contribution >= 4 is 12.0 Å². The number of likely N-dealkylation sites (tertiary alicyclic amines) is 1. The van der Waals surface area contributed by atoms with Crippen LogP contribution in [-0.4, -0.2) is 41.1 Å². The Kier molecular flexibility index (Phi) is 6.02. The Morgan fingerprint density at radius 3 is 2.57 bits per heavy atom. The molecule has 1 unspecified atom stereocenters. The number of rotatable bonds is 5. The van der Waals surface area contributed by atoms with Crippen molar-refractivity contribution in [3.63, 3.8) is 0 Å². The molecule has 5 heteroatoms. The zero-order chi connectivity index (χ0) is 16.8. The first-order valence-electron chi connectivity index (χ1n) is 8.40. The summed E-state index contributed by atoms with van der Waals surface area (Å²) >= 11 is 0. The van der Waals surface area contributed by atoms with E-state index >= 15 is 0 Å². The number of hydrogen-bond acceptors (Lipinski definition) is 2. The highest BCUT2D eigenvalue weighted by molar-refractivity contribution is 5.89. The van der Waals surface area contributed by atoms with Gasteiger partial charge in [0.15, 0.2) is 0 Å². The number of aromatic carboxylic acids is 1. The molecule has 5 nitrogen and oxygen atoms in total. The summed E-state index contributed by atoms with van der Waals surface area (Å²) in [6.07, 6.45) is 3.64. The number of carbonyl (C=O) groups excluding carboxylic acids is 1. The highest BCUT2D eigenvalue weighted by Crippen LogP contribution is 2.30. The smallest absolute Gasteiger partial charge is 0.335 e. The molecule has 0 bridgehead atoms. The van der Waals surface area contributed by atoms with Crippen LogP contribution in [0.2, 0.25) is 0 Å². The average Bonchev–Trinajstić information content (AvgIpc) is 2.55. The average molecular weight is 318 g/mol. The fourth-order valence-corrected chi connectivity index (χ4v) is 3.25. The molecule has 0 aromatic heterocycles. The third-order valence-electron chi connectivity index (χ3n) is 4.50. The van der Waals surface area contributed by atoms with Crippen molar-refractivity contribution in [2.45, 2.75) is 51.5 Å². The lowest BCUT2D eigenvalue weighted by atomic mass is 9.86. The highest BCUT2D eigenvalue weighted by atomic mass is 16.4. The second-order valence-electron chi connectivity index (χ2n) is 6.29. The van der Waals surface area contributed by atoms with Crippen molar-refractivity contribution in [2.24, 2.45) is 0 Å². The van der Waals surface area contributed by atoms with Gasteiger partial charge in [-0.15, -0.1) is 0 Å². The number of carboxylic acid groups (broad SMARTS) is 1. The number of amides is 2. The minimum atomic E-state index is -0.880. The third kappa shape index (κ3) is 4.47. The molecule has 0 radical (unpaired) electrons. The van der Waals surface area contributed by atoms with Crippen LogP contribution in [0.15, 0.2) is 24.3 Å². The Hall–Kier alpha value is -2.04. The van der Waals surface area contributed by atoms with Gasteiger partial charge >= 0.3 is 12.0 Å². The molecule has 1 heterocycles. The van der Waals surface area contributed by atoms with Crippen LogP contribution < -0.4 is 5.32 Å². The van der Waals surface area contributed by atoms with Crippen LogP contribution in [0.5, 0.6) is 0 Å². The molecule has 1 aliphatic rings. The van der Waals surface area contributed by atoms with E-state index in [1.807, 2.05) is 24.0 Å². The van der Waals surface area contributed by atoms with Gasteiger partial charge in [-0.25, -0.2) is 9.59 Å². The van der Waals surface area contributed by atoms with E-state index in [1.165, 1.54) is 0 Å². The summed E-state index contributed by atoms with van der Waals surface area (Å²) in [5.41, 5.74) is 1.27. The molecule has 1 fully saturated rings. The third-order valence-corrected chi connectivity index (χ3v) is 4.50. The first-order valence-corrected chi connectivity index (χ1v) is 8.40. The molecule has 2 rings (SSSR count). The normalized spacial score (nSPS) is 16.9. The van der Waals surface area contributed by atoms with Crippen molar-refractivity contribution in [3.05, 3.63) is 35.4 Å². The molecular formula is C18H26N2O3. The maximum absolute atomic E-state index is 12.2. The summed E-state index contributed by atoms with van der Waals surface area (Å²) in [5, 5.41) is 12.3. The number of piperidine rings is 1. The monoisotopic (exact) mass is 318 g/mol. The molecule has 2 N–H and O–H groups in total. The largest absolute Gasteiger partial charge is 0.478 e. The van der Waals surface area contributed by atoms with E-state index in [2.05, 4.69) is 12.2 Å². The van der Waals surface area contributed by atoms with Gasteiger partial charge in [0.25, 0.3) is 0 Å². The van der Waals surface area contributed by atoms with E-state index in [9.17, 15) is 14.7 Å². The quantitative estimate of drug-likeness (QED) is 0.873.